The zero-order valence-electron chi connectivity index (χ0n) is 19.8. The van der Waals surface area contributed by atoms with Crippen LogP contribution in [0.3, 0.4) is 0 Å². The molecule has 8 nitrogen and oxygen atoms in total. The molecule has 8 heteroatoms. The number of benzene rings is 1. The van der Waals surface area contributed by atoms with Gasteiger partial charge in [0.2, 0.25) is 0 Å². The van der Waals surface area contributed by atoms with Crippen molar-refractivity contribution >= 4 is 17.6 Å². The van der Waals surface area contributed by atoms with Gasteiger partial charge >= 0.3 is 0 Å². The number of aromatic nitrogens is 1. The molecule has 1 aromatic carbocycles. The first-order chi connectivity index (χ1) is 16.5. The number of pyridine rings is 1. The molecule has 0 radical (unpaired) electrons. The second-order valence-electron chi connectivity index (χ2n) is 9.64. The van der Waals surface area contributed by atoms with Gasteiger partial charge in [0.15, 0.2) is 0 Å². The number of piperidine rings is 1. The minimum atomic E-state index is -0.0648. The summed E-state index contributed by atoms with van der Waals surface area (Å²) in [6.07, 6.45) is 6.62. The zero-order chi connectivity index (χ0) is 23.7. The Bertz CT molecular complexity index is 1040. The molecule has 4 heterocycles. The lowest BCUT2D eigenvalue weighted by Gasteiger charge is -2.40. The van der Waals surface area contributed by atoms with Gasteiger partial charge in [-0.25, -0.2) is 4.98 Å². The van der Waals surface area contributed by atoms with E-state index in [0.29, 0.717) is 23.2 Å². The van der Waals surface area contributed by atoms with Crippen LogP contribution in [0.5, 0.6) is 5.75 Å². The summed E-state index contributed by atoms with van der Waals surface area (Å²) >= 11 is 0. The fraction of sp³-hybridized carbons (Fsp3) is 0.500. The lowest BCUT2D eigenvalue weighted by molar-refractivity contribution is 0.0922. The molecule has 3 saturated heterocycles. The highest BCUT2D eigenvalue weighted by atomic mass is 16.5. The van der Waals surface area contributed by atoms with Crippen LogP contribution in [-0.4, -0.2) is 61.2 Å². The van der Waals surface area contributed by atoms with E-state index in [1.165, 1.54) is 0 Å². The molecular formula is C26H33N5O3. The van der Waals surface area contributed by atoms with E-state index < -0.39 is 0 Å². The second kappa shape index (κ2) is 9.62. The number of hydrogen-bond acceptors (Lipinski definition) is 6. The van der Waals surface area contributed by atoms with Crippen molar-refractivity contribution in [1.82, 2.24) is 20.9 Å². The van der Waals surface area contributed by atoms with Crippen molar-refractivity contribution < 1.29 is 14.3 Å². The highest BCUT2D eigenvalue weighted by molar-refractivity contribution is 5.96. The van der Waals surface area contributed by atoms with Crippen LogP contribution in [0.15, 0.2) is 36.5 Å². The maximum atomic E-state index is 13.0. The largest absolute Gasteiger partial charge is 0.496 e. The Morgan fingerprint density at radius 1 is 1.03 bits per heavy atom. The van der Waals surface area contributed by atoms with Crippen molar-refractivity contribution in [2.24, 2.45) is 0 Å². The lowest BCUT2D eigenvalue weighted by atomic mass is 9.96. The summed E-state index contributed by atoms with van der Waals surface area (Å²) in [5.74, 6) is 1.54. The Kier molecular flexibility index (Phi) is 6.41. The van der Waals surface area contributed by atoms with Crippen molar-refractivity contribution in [2.45, 2.75) is 63.2 Å². The van der Waals surface area contributed by atoms with Crippen molar-refractivity contribution in [1.29, 1.82) is 0 Å². The number of amides is 2. The van der Waals surface area contributed by atoms with Gasteiger partial charge in [-0.2, -0.15) is 0 Å². The summed E-state index contributed by atoms with van der Waals surface area (Å²) in [5, 5.41) is 9.59. The third-order valence-electron chi connectivity index (χ3n) is 7.49. The summed E-state index contributed by atoms with van der Waals surface area (Å²) < 4.78 is 5.37. The highest BCUT2D eigenvalue weighted by Gasteiger charge is 2.42. The molecule has 180 valence electrons. The summed E-state index contributed by atoms with van der Waals surface area (Å²) in [5.41, 5.74) is 2.12. The number of carbonyl (C=O) groups excluding carboxylic acids is 2. The summed E-state index contributed by atoms with van der Waals surface area (Å²) in [4.78, 5) is 32.5. The SMILES string of the molecule is COc1cccc(C(=O)NC2CC3CCC(C2)N3c2ccc(C(=O)N[C@@H]3CCNC3)cn2)c1C. The first-order valence-corrected chi connectivity index (χ1v) is 12.2. The standard InChI is InChI=1S/C26H33N5O3/c1-16-22(4-3-5-23(16)34-2)26(33)30-19-12-20-7-8-21(13-19)31(20)24-9-6-17(14-28-24)25(32)29-18-10-11-27-15-18/h3-6,9,14,18-21,27H,7-8,10-13,15H2,1-2H3,(H,29,32)(H,30,33)/t18-,19?,20?,21?/m1/s1. The number of carbonyl (C=O) groups is 2. The van der Waals surface area contributed by atoms with Crippen molar-refractivity contribution in [2.75, 3.05) is 25.1 Å². The van der Waals surface area contributed by atoms with Gasteiger partial charge in [-0.1, -0.05) is 6.07 Å². The van der Waals surface area contributed by atoms with Gasteiger partial charge in [0.05, 0.1) is 12.7 Å². The van der Waals surface area contributed by atoms with Gasteiger partial charge in [-0.3, -0.25) is 9.59 Å². The Labute approximate surface area is 200 Å². The van der Waals surface area contributed by atoms with Crippen molar-refractivity contribution in [3.63, 3.8) is 0 Å². The Morgan fingerprint density at radius 3 is 2.44 bits per heavy atom. The predicted molar refractivity (Wildman–Crippen MR) is 130 cm³/mol. The Hall–Kier alpha value is -3.13. The third-order valence-corrected chi connectivity index (χ3v) is 7.49. The molecule has 34 heavy (non-hydrogen) atoms. The van der Waals surface area contributed by atoms with Crippen LogP contribution in [-0.2, 0) is 0 Å². The number of rotatable bonds is 6. The molecule has 2 bridgehead atoms. The molecule has 1 aromatic heterocycles. The number of methoxy groups -OCH3 is 1. The van der Waals surface area contributed by atoms with Crippen LogP contribution >= 0.6 is 0 Å². The van der Waals surface area contributed by atoms with E-state index in [2.05, 4.69) is 25.8 Å². The normalized spacial score (nSPS) is 25.8. The Morgan fingerprint density at radius 2 is 1.79 bits per heavy atom. The van der Waals surface area contributed by atoms with E-state index in [9.17, 15) is 9.59 Å². The van der Waals surface area contributed by atoms with Gasteiger partial charge in [0.25, 0.3) is 11.8 Å². The van der Waals surface area contributed by atoms with E-state index >= 15 is 0 Å². The number of hydrogen-bond donors (Lipinski definition) is 3. The predicted octanol–water partition coefficient (Wildman–Crippen LogP) is 2.42. The molecule has 3 aliphatic heterocycles. The fourth-order valence-electron chi connectivity index (χ4n) is 5.73. The smallest absolute Gasteiger partial charge is 0.253 e. The number of ether oxygens (including phenoxy) is 1. The molecule has 2 amide bonds. The topological polar surface area (TPSA) is 95.6 Å². The van der Waals surface area contributed by atoms with E-state index in [4.69, 9.17) is 4.74 Å². The quantitative estimate of drug-likeness (QED) is 0.609. The number of nitrogens with one attached hydrogen (secondary N) is 3. The van der Waals surface area contributed by atoms with Gasteiger partial charge in [-0.15, -0.1) is 0 Å². The van der Waals surface area contributed by atoms with Gasteiger partial charge in [-0.05, 0) is 69.8 Å². The first-order valence-electron chi connectivity index (χ1n) is 12.2. The molecule has 0 spiro atoms. The van der Waals surface area contributed by atoms with Gasteiger partial charge < -0.3 is 25.6 Å². The molecule has 2 aromatic rings. The van der Waals surface area contributed by atoms with Gasteiger partial charge in [0, 0.05) is 48.0 Å². The molecule has 3 aliphatic rings. The van der Waals surface area contributed by atoms with Gasteiger partial charge in [0.1, 0.15) is 11.6 Å². The summed E-state index contributed by atoms with van der Waals surface area (Å²) in [6.45, 7) is 3.68. The summed E-state index contributed by atoms with van der Waals surface area (Å²) in [6, 6.07) is 10.4. The van der Waals surface area contributed by atoms with E-state index in [0.717, 1.165) is 62.3 Å². The lowest BCUT2D eigenvalue weighted by Crippen LogP contribution is -2.50. The van der Waals surface area contributed by atoms with E-state index in [-0.39, 0.29) is 23.9 Å². The van der Waals surface area contributed by atoms with Crippen LogP contribution in [0.1, 0.15) is 58.4 Å². The minimum Gasteiger partial charge on any atom is -0.496 e. The van der Waals surface area contributed by atoms with Crippen LogP contribution in [0.2, 0.25) is 0 Å². The maximum Gasteiger partial charge on any atom is 0.253 e. The summed E-state index contributed by atoms with van der Waals surface area (Å²) in [7, 11) is 1.62. The average molecular weight is 464 g/mol. The molecule has 5 rings (SSSR count). The number of nitrogens with zero attached hydrogens (tertiary/aromatic N) is 2. The van der Waals surface area contributed by atoms with E-state index in [1.54, 1.807) is 13.3 Å². The van der Waals surface area contributed by atoms with Crippen LogP contribution < -0.4 is 25.6 Å². The van der Waals surface area contributed by atoms with Crippen molar-refractivity contribution in [3.05, 3.63) is 53.2 Å². The first kappa shape index (κ1) is 22.7. The molecule has 0 aliphatic carbocycles. The van der Waals surface area contributed by atoms with Crippen LogP contribution in [0.4, 0.5) is 5.82 Å². The van der Waals surface area contributed by atoms with Crippen LogP contribution in [0, 0.1) is 6.92 Å². The number of anilines is 1. The van der Waals surface area contributed by atoms with Crippen molar-refractivity contribution in [3.8, 4) is 5.75 Å². The monoisotopic (exact) mass is 463 g/mol. The second-order valence-corrected chi connectivity index (χ2v) is 9.64. The van der Waals surface area contributed by atoms with Crippen LogP contribution in [0.25, 0.3) is 0 Å². The minimum absolute atomic E-state index is 0.0415. The highest BCUT2D eigenvalue weighted by Crippen LogP contribution is 2.38. The molecule has 2 unspecified atom stereocenters. The van der Waals surface area contributed by atoms with E-state index in [1.807, 2.05) is 37.3 Å². The zero-order valence-corrected chi connectivity index (χ0v) is 19.8. The average Bonchev–Trinajstić information content (AvgIpc) is 3.44. The number of fused-ring (bicyclic) bond motifs is 2. The molecule has 3 N–H and O–H groups in total. The third kappa shape index (κ3) is 4.46. The molecule has 0 saturated carbocycles. The maximum absolute atomic E-state index is 13.0. The fourth-order valence-corrected chi connectivity index (χ4v) is 5.73. The Balaban J connectivity index is 1.22. The molecule has 3 fully saturated rings. The molecular weight excluding hydrogens is 430 g/mol. The molecule has 3 atom stereocenters.